The molecule has 0 bridgehead atoms. The Morgan fingerprint density at radius 1 is 1.13 bits per heavy atom. The van der Waals surface area contributed by atoms with E-state index in [4.69, 9.17) is 24.3 Å². The van der Waals surface area contributed by atoms with Gasteiger partial charge in [0, 0.05) is 11.5 Å². The van der Waals surface area contributed by atoms with Crippen LogP contribution < -0.4 is 15.6 Å². The van der Waals surface area contributed by atoms with E-state index in [0.717, 1.165) is 24.0 Å². The number of imidazole rings is 1. The molecule has 0 aliphatic heterocycles. The number of benzene rings is 2. The third-order valence-electron chi connectivity index (χ3n) is 7.12. The molecule has 0 radical (unpaired) electrons. The molecular weight excluding hydrogens is 613 g/mol. The summed E-state index contributed by atoms with van der Waals surface area (Å²) < 4.78 is 39.4. The van der Waals surface area contributed by atoms with E-state index in [2.05, 4.69) is 37.0 Å². The lowest BCUT2D eigenvalue weighted by molar-refractivity contribution is -0.118. The molecule has 0 amide bonds. The van der Waals surface area contributed by atoms with Gasteiger partial charge in [0.15, 0.2) is 11.2 Å². The maximum atomic E-state index is 14.4. The Morgan fingerprint density at radius 3 is 2.50 bits per heavy atom. The second-order valence-corrected chi connectivity index (χ2v) is 12.1. The van der Waals surface area contributed by atoms with Crippen LogP contribution in [0.4, 0.5) is 5.95 Å². The fourth-order valence-corrected chi connectivity index (χ4v) is 6.15. The summed E-state index contributed by atoms with van der Waals surface area (Å²) in [5, 5.41) is 17.7. The molecule has 2 unspecified atom stereocenters. The van der Waals surface area contributed by atoms with Crippen LogP contribution in [-0.2, 0) is 24.9 Å². The van der Waals surface area contributed by atoms with Crippen molar-refractivity contribution < 1.29 is 28.2 Å². The van der Waals surface area contributed by atoms with Gasteiger partial charge in [-0.2, -0.15) is 9.97 Å². The Hall–Kier alpha value is -4.07. The number of nitrogens with one attached hydrogen (secondary N) is 1. The molecule has 4 aromatic rings. The highest BCUT2D eigenvalue weighted by Gasteiger charge is 2.34. The number of methoxy groups -OCH3 is 1. The predicted molar refractivity (Wildman–Crippen MR) is 172 cm³/mol. The number of hydrogen-bond donors (Lipinski definition) is 3. The molecule has 2 aromatic carbocycles. The summed E-state index contributed by atoms with van der Waals surface area (Å²) in [5.74, 6) is 0.0194. The van der Waals surface area contributed by atoms with Crippen LogP contribution in [0.1, 0.15) is 63.1 Å². The molecule has 16 heteroatoms. The Kier molecular flexibility index (Phi) is 12.9. The average Bonchev–Trinajstić information content (AvgIpc) is 3.51. The highest BCUT2D eigenvalue weighted by Crippen LogP contribution is 2.50. The minimum atomic E-state index is -4.04. The number of aromatic nitrogens is 4. The summed E-state index contributed by atoms with van der Waals surface area (Å²) in [6, 6.07) is 18.9. The smallest absolute Gasteiger partial charge is 0.406 e. The van der Waals surface area contributed by atoms with Gasteiger partial charge in [-0.25, -0.2) is 14.6 Å². The molecule has 0 spiro atoms. The highest BCUT2D eigenvalue weighted by atomic mass is 31.2. The predicted octanol–water partition coefficient (Wildman–Crippen LogP) is 6.20. The van der Waals surface area contributed by atoms with Gasteiger partial charge in [-0.1, -0.05) is 87.4 Å². The van der Waals surface area contributed by atoms with Gasteiger partial charge < -0.3 is 20.3 Å². The van der Waals surface area contributed by atoms with Gasteiger partial charge >= 0.3 is 7.75 Å². The zero-order chi connectivity index (χ0) is 32.9. The first kappa shape index (κ1) is 34.8. The van der Waals surface area contributed by atoms with E-state index in [0.29, 0.717) is 6.42 Å². The van der Waals surface area contributed by atoms with E-state index in [1.807, 2.05) is 60.7 Å². The van der Waals surface area contributed by atoms with Gasteiger partial charge in [0.1, 0.15) is 6.10 Å². The summed E-state index contributed by atoms with van der Waals surface area (Å²) in [4.78, 5) is 15.4. The molecule has 4 N–H and O–H groups in total. The minimum Gasteiger partial charge on any atom is -0.479 e. The van der Waals surface area contributed by atoms with E-state index < -0.39 is 32.4 Å². The van der Waals surface area contributed by atoms with E-state index in [1.165, 1.54) is 18.0 Å². The Bertz CT molecular complexity index is 1620. The molecule has 4 rings (SSSR count). The van der Waals surface area contributed by atoms with Crippen LogP contribution in [0.15, 0.2) is 72.1 Å². The van der Waals surface area contributed by atoms with E-state index in [-0.39, 0.29) is 42.6 Å². The average molecular weight is 654 g/mol. The first-order valence-corrected chi connectivity index (χ1v) is 16.5. The van der Waals surface area contributed by atoms with Crippen molar-refractivity contribution in [3.8, 4) is 5.88 Å². The van der Waals surface area contributed by atoms with Crippen LogP contribution in [-0.4, -0.2) is 50.6 Å². The van der Waals surface area contributed by atoms with Crippen molar-refractivity contribution in [2.24, 2.45) is 5.11 Å². The number of nitrogens with two attached hydrogens (primary N) is 1. The molecule has 2 aromatic heterocycles. The molecule has 0 aliphatic rings. The van der Waals surface area contributed by atoms with Crippen molar-refractivity contribution in [3.63, 3.8) is 0 Å². The monoisotopic (exact) mass is 653 g/mol. The standard InChI is InChI=1S/C30H40N9O6P/c1-4-6-17-24(22-15-11-8-12-16-22)45-46(41,34-18-21-13-9-7-10-14-21)43-19-25(23(40)5-2)44-30(37-38-32)39-20-33-26-27(39)35-29(31)36-28(26)42-3/h7-16,20,23-25,30,40H,4-6,17-19H2,1-3H3,(H,34,41)(H2,31,35,36)/t23-,24?,25+,30-,46?/m0/s1. The first-order chi connectivity index (χ1) is 22.3. The van der Waals surface area contributed by atoms with Crippen molar-refractivity contribution in [2.75, 3.05) is 19.5 Å². The maximum absolute atomic E-state index is 14.4. The number of rotatable bonds is 19. The first-order valence-electron chi connectivity index (χ1n) is 15.0. The summed E-state index contributed by atoms with van der Waals surface area (Å²) >= 11 is 0. The van der Waals surface area contributed by atoms with Gasteiger partial charge in [-0.15, -0.1) is 0 Å². The number of nitrogen functional groups attached to an aromatic ring is 1. The molecule has 0 saturated carbocycles. The molecule has 246 valence electrons. The fourth-order valence-electron chi connectivity index (χ4n) is 4.64. The second-order valence-electron chi connectivity index (χ2n) is 10.4. The molecule has 15 nitrogen and oxygen atoms in total. The lowest BCUT2D eigenvalue weighted by Gasteiger charge is -2.30. The summed E-state index contributed by atoms with van der Waals surface area (Å²) in [6.45, 7) is 3.63. The Morgan fingerprint density at radius 2 is 1.85 bits per heavy atom. The number of unbranched alkanes of at least 4 members (excludes halogenated alkanes) is 1. The largest absolute Gasteiger partial charge is 0.479 e. The molecule has 2 heterocycles. The lowest BCUT2D eigenvalue weighted by Crippen LogP contribution is -2.35. The number of anilines is 1. The SMILES string of the molecule is CCCCC(OP(=O)(NCc1ccccc1)OC[C@@H](O[C@@H](N=[N+]=[N-])n1cnc2c(OC)nc(N)nc21)[C@@H](O)CC)c1ccccc1. The third-order valence-corrected chi connectivity index (χ3v) is 8.68. The van der Waals surface area contributed by atoms with Crippen LogP contribution in [0.3, 0.4) is 0 Å². The van der Waals surface area contributed by atoms with Gasteiger partial charge in [0.2, 0.25) is 18.2 Å². The zero-order valence-corrected chi connectivity index (χ0v) is 26.9. The second kappa shape index (κ2) is 17.0. The molecule has 5 atom stereocenters. The topological polar surface area (TPSA) is 205 Å². The van der Waals surface area contributed by atoms with Crippen LogP contribution in [0, 0.1) is 0 Å². The lowest BCUT2D eigenvalue weighted by atomic mass is 10.0. The molecular formula is C30H40N9O6P. The number of azide groups is 1. The molecule has 0 fully saturated rings. The fraction of sp³-hybridized carbons (Fsp3) is 0.433. The number of aliphatic hydroxyl groups is 1. The van der Waals surface area contributed by atoms with Crippen molar-refractivity contribution in [1.29, 1.82) is 0 Å². The number of ether oxygens (including phenoxy) is 2. The van der Waals surface area contributed by atoms with E-state index in [1.54, 1.807) is 6.92 Å². The van der Waals surface area contributed by atoms with Gasteiger partial charge in [0.05, 0.1) is 32.3 Å². The van der Waals surface area contributed by atoms with Gasteiger partial charge in [-0.3, -0.25) is 13.6 Å². The Balaban J connectivity index is 1.62. The number of fused-ring (bicyclic) bond motifs is 1. The van der Waals surface area contributed by atoms with Gasteiger partial charge in [0.25, 0.3) is 0 Å². The van der Waals surface area contributed by atoms with Crippen LogP contribution >= 0.6 is 7.75 Å². The summed E-state index contributed by atoms with van der Waals surface area (Å²) in [5.41, 5.74) is 17.4. The Labute approximate surface area is 267 Å². The maximum Gasteiger partial charge on any atom is 0.406 e. The van der Waals surface area contributed by atoms with E-state index in [9.17, 15) is 15.2 Å². The van der Waals surface area contributed by atoms with Crippen molar-refractivity contribution in [3.05, 3.63) is 88.6 Å². The quantitative estimate of drug-likeness (QED) is 0.0449. The number of nitrogens with zero attached hydrogens (tertiary/aromatic N) is 7. The van der Waals surface area contributed by atoms with Gasteiger partial charge in [-0.05, 0) is 34.6 Å². The van der Waals surface area contributed by atoms with Crippen molar-refractivity contribution in [2.45, 2.75) is 70.7 Å². The number of hydrogen-bond acceptors (Lipinski definition) is 11. The molecule has 0 saturated heterocycles. The van der Waals surface area contributed by atoms with Crippen LogP contribution in [0.2, 0.25) is 0 Å². The van der Waals surface area contributed by atoms with E-state index >= 15 is 0 Å². The molecule has 0 aliphatic carbocycles. The van der Waals surface area contributed by atoms with Crippen LogP contribution in [0.5, 0.6) is 5.88 Å². The van der Waals surface area contributed by atoms with Crippen molar-refractivity contribution >= 4 is 24.9 Å². The third kappa shape index (κ3) is 9.24. The zero-order valence-electron chi connectivity index (χ0n) is 26.0. The number of aliphatic hydroxyl groups excluding tert-OH is 1. The van der Waals surface area contributed by atoms with Crippen LogP contribution in [0.25, 0.3) is 21.6 Å². The summed E-state index contributed by atoms with van der Waals surface area (Å²) in [7, 11) is -2.64. The highest BCUT2D eigenvalue weighted by molar-refractivity contribution is 7.51. The normalized spacial score (nSPS) is 15.4. The minimum absolute atomic E-state index is 0.0992. The molecule has 46 heavy (non-hydrogen) atoms. The van der Waals surface area contributed by atoms with Crippen molar-refractivity contribution in [1.82, 2.24) is 24.6 Å². The summed E-state index contributed by atoms with van der Waals surface area (Å²) in [6.07, 6.45) is -0.208.